The van der Waals surface area contributed by atoms with Gasteiger partial charge in [0.15, 0.2) is 0 Å². The van der Waals surface area contributed by atoms with Gasteiger partial charge in [0.1, 0.15) is 5.82 Å². The van der Waals surface area contributed by atoms with Gasteiger partial charge in [0, 0.05) is 31.4 Å². The van der Waals surface area contributed by atoms with Gasteiger partial charge in [0.05, 0.1) is 18.6 Å². The van der Waals surface area contributed by atoms with Crippen LogP contribution in [0.15, 0.2) is 36.2 Å². The van der Waals surface area contributed by atoms with Crippen molar-refractivity contribution in [2.75, 3.05) is 32.1 Å². The third-order valence-electron chi connectivity index (χ3n) is 6.16. The van der Waals surface area contributed by atoms with E-state index >= 15 is 0 Å². The zero-order valence-corrected chi connectivity index (χ0v) is 17.0. The molecule has 0 aromatic carbocycles. The van der Waals surface area contributed by atoms with Crippen molar-refractivity contribution in [2.45, 2.75) is 32.2 Å². The molecule has 2 saturated heterocycles. The molecular formula is C21H27N5O2. The average Bonchev–Trinajstić information content (AvgIpc) is 3.10. The molecule has 0 spiro atoms. The summed E-state index contributed by atoms with van der Waals surface area (Å²) in [5, 5.41) is 3.56. The molecule has 7 nitrogen and oxygen atoms in total. The second kappa shape index (κ2) is 6.65. The van der Waals surface area contributed by atoms with Crippen molar-refractivity contribution in [1.82, 2.24) is 20.2 Å². The minimum Gasteiger partial charge on any atom is -0.481 e. The lowest BCUT2D eigenvalue weighted by molar-refractivity contribution is -0.136. The summed E-state index contributed by atoms with van der Waals surface area (Å²) in [4.78, 5) is 26.2. The Bertz CT molecular complexity index is 906. The molecule has 0 radical (unpaired) electrons. The molecule has 1 amide bonds. The van der Waals surface area contributed by atoms with Crippen LogP contribution >= 0.6 is 0 Å². The highest BCUT2D eigenvalue weighted by atomic mass is 16.5. The fraction of sp³-hybridized carbons (Fsp3) is 0.476. The van der Waals surface area contributed by atoms with E-state index in [0.717, 1.165) is 29.7 Å². The number of anilines is 1. The molecule has 0 bridgehead atoms. The molecule has 1 aromatic heterocycles. The second-order valence-electron chi connectivity index (χ2n) is 7.76. The van der Waals surface area contributed by atoms with Crippen molar-refractivity contribution in [3.05, 3.63) is 47.5 Å². The van der Waals surface area contributed by atoms with Gasteiger partial charge in [0.25, 0.3) is 0 Å². The number of rotatable bonds is 3. The fourth-order valence-corrected chi connectivity index (χ4v) is 4.37. The SMILES string of the molecule is C=C1N[C@@]2(C3=CCCC=C3)CN(c3nc(C)c(C)c(OC)n3)CC2C(=O)N1C. The molecule has 4 rings (SSSR count). The zero-order chi connectivity index (χ0) is 20.1. The summed E-state index contributed by atoms with van der Waals surface area (Å²) in [7, 11) is 3.39. The van der Waals surface area contributed by atoms with Gasteiger partial charge >= 0.3 is 0 Å². The highest BCUT2D eigenvalue weighted by Gasteiger charge is 2.56. The van der Waals surface area contributed by atoms with Crippen LogP contribution in [0, 0.1) is 19.8 Å². The van der Waals surface area contributed by atoms with E-state index < -0.39 is 5.54 Å². The Kier molecular flexibility index (Phi) is 4.40. The Hall–Kier alpha value is -2.83. The number of carbonyl (C=O) groups excluding carboxylic acids is 1. The van der Waals surface area contributed by atoms with Crippen LogP contribution in [0.25, 0.3) is 0 Å². The van der Waals surface area contributed by atoms with Crippen LogP contribution in [0.5, 0.6) is 5.88 Å². The predicted molar refractivity (Wildman–Crippen MR) is 108 cm³/mol. The zero-order valence-electron chi connectivity index (χ0n) is 17.0. The van der Waals surface area contributed by atoms with Gasteiger partial charge in [-0.25, -0.2) is 4.98 Å². The van der Waals surface area contributed by atoms with Gasteiger partial charge in [-0.15, -0.1) is 0 Å². The van der Waals surface area contributed by atoms with Gasteiger partial charge in [-0.2, -0.15) is 4.98 Å². The van der Waals surface area contributed by atoms with Crippen LogP contribution in [-0.2, 0) is 4.79 Å². The molecule has 1 N–H and O–H groups in total. The first-order valence-corrected chi connectivity index (χ1v) is 9.63. The summed E-state index contributed by atoms with van der Waals surface area (Å²) in [6.07, 6.45) is 8.55. The largest absolute Gasteiger partial charge is 0.481 e. The van der Waals surface area contributed by atoms with Crippen LogP contribution < -0.4 is 15.0 Å². The first-order chi connectivity index (χ1) is 13.4. The van der Waals surface area contributed by atoms with E-state index in [4.69, 9.17) is 4.74 Å². The Morgan fingerprint density at radius 1 is 1.32 bits per heavy atom. The summed E-state index contributed by atoms with van der Waals surface area (Å²) < 4.78 is 5.44. The number of methoxy groups -OCH3 is 1. The van der Waals surface area contributed by atoms with E-state index in [0.29, 0.717) is 30.7 Å². The van der Waals surface area contributed by atoms with E-state index in [1.165, 1.54) is 0 Å². The van der Waals surface area contributed by atoms with Crippen LogP contribution in [-0.4, -0.2) is 53.6 Å². The normalized spacial score (nSPS) is 26.9. The number of allylic oxidation sites excluding steroid dienone is 2. The maximum atomic E-state index is 13.2. The number of amides is 1. The highest BCUT2D eigenvalue weighted by molar-refractivity contribution is 5.86. The number of carbonyl (C=O) groups is 1. The van der Waals surface area contributed by atoms with Crippen LogP contribution in [0.2, 0.25) is 0 Å². The molecule has 1 aromatic rings. The average molecular weight is 381 g/mol. The van der Waals surface area contributed by atoms with E-state index in [1.54, 1.807) is 19.1 Å². The first-order valence-electron chi connectivity index (χ1n) is 9.63. The monoisotopic (exact) mass is 381 g/mol. The highest BCUT2D eigenvalue weighted by Crippen LogP contribution is 2.42. The molecule has 1 unspecified atom stereocenters. The minimum absolute atomic E-state index is 0.0712. The van der Waals surface area contributed by atoms with E-state index in [2.05, 4.69) is 45.0 Å². The van der Waals surface area contributed by atoms with Gasteiger partial charge in [-0.3, -0.25) is 4.79 Å². The van der Waals surface area contributed by atoms with Crippen molar-refractivity contribution in [3.63, 3.8) is 0 Å². The Morgan fingerprint density at radius 2 is 2.11 bits per heavy atom. The summed E-state index contributed by atoms with van der Waals surface area (Å²) in [6.45, 7) is 9.11. The van der Waals surface area contributed by atoms with Gasteiger partial charge in [-0.1, -0.05) is 24.8 Å². The molecule has 1 aliphatic carbocycles. The summed E-state index contributed by atoms with van der Waals surface area (Å²) in [6, 6.07) is 0. The van der Waals surface area contributed by atoms with Crippen LogP contribution in [0.3, 0.4) is 0 Å². The molecule has 148 valence electrons. The van der Waals surface area contributed by atoms with Crippen molar-refractivity contribution < 1.29 is 9.53 Å². The molecule has 2 fully saturated rings. The maximum absolute atomic E-state index is 13.2. The second-order valence-corrected chi connectivity index (χ2v) is 7.76. The van der Waals surface area contributed by atoms with E-state index in [-0.39, 0.29) is 11.8 Å². The first kappa shape index (κ1) is 18.5. The predicted octanol–water partition coefficient (Wildman–Crippen LogP) is 2.09. The maximum Gasteiger partial charge on any atom is 0.235 e. The number of nitrogens with zero attached hydrogens (tertiary/aromatic N) is 4. The molecule has 28 heavy (non-hydrogen) atoms. The van der Waals surface area contributed by atoms with Crippen molar-refractivity contribution in [2.24, 2.45) is 5.92 Å². The third-order valence-corrected chi connectivity index (χ3v) is 6.16. The number of ether oxygens (including phenoxy) is 1. The number of fused-ring (bicyclic) bond motifs is 1. The topological polar surface area (TPSA) is 70.6 Å². The fourth-order valence-electron chi connectivity index (χ4n) is 4.37. The van der Waals surface area contributed by atoms with E-state index in [9.17, 15) is 4.79 Å². The van der Waals surface area contributed by atoms with Gasteiger partial charge in [0.2, 0.25) is 17.7 Å². The number of aromatic nitrogens is 2. The molecule has 2 atom stereocenters. The molecule has 2 aliphatic heterocycles. The van der Waals surface area contributed by atoms with Gasteiger partial charge < -0.3 is 19.9 Å². The van der Waals surface area contributed by atoms with Crippen molar-refractivity contribution in [1.29, 1.82) is 0 Å². The van der Waals surface area contributed by atoms with Crippen molar-refractivity contribution >= 4 is 11.9 Å². The minimum atomic E-state index is -0.521. The molecule has 3 heterocycles. The third kappa shape index (κ3) is 2.68. The summed E-state index contributed by atoms with van der Waals surface area (Å²) >= 11 is 0. The number of hydrogen-bond donors (Lipinski definition) is 1. The van der Waals surface area contributed by atoms with Crippen molar-refractivity contribution in [3.8, 4) is 5.88 Å². The standard InChI is InChI=1S/C21H27N5O2/c1-13-14(2)22-20(23-18(13)28-5)26-11-17-19(27)25(4)15(3)24-21(17,12-26)16-9-7-6-8-10-16/h7,9-10,17,24H,3,6,8,11-12H2,1-2,4-5H3/t17?,21-/m1/s1. The van der Waals surface area contributed by atoms with Crippen LogP contribution in [0.1, 0.15) is 24.1 Å². The molecule has 0 saturated carbocycles. The lowest BCUT2D eigenvalue weighted by Gasteiger charge is -2.45. The van der Waals surface area contributed by atoms with E-state index in [1.807, 2.05) is 13.8 Å². The quantitative estimate of drug-likeness (QED) is 0.865. The number of hydrogen-bond acceptors (Lipinski definition) is 6. The number of nitrogens with one attached hydrogen (secondary N) is 1. The summed E-state index contributed by atoms with van der Waals surface area (Å²) in [5.74, 6) is 1.62. The van der Waals surface area contributed by atoms with Gasteiger partial charge in [-0.05, 0) is 32.3 Å². The Balaban J connectivity index is 1.78. The van der Waals surface area contributed by atoms with Crippen LogP contribution in [0.4, 0.5) is 5.95 Å². The lowest BCUT2D eigenvalue weighted by atomic mass is 9.76. The molecular weight excluding hydrogens is 354 g/mol. The lowest BCUT2D eigenvalue weighted by Crippen LogP contribution is -2.63. The molecule has 3 aliphatic rings. The Labute approximate surface area is 165 Å². The summed E-state index contributed by atoms with van der Waals surface area (Å²) in [5.41, 5.74) is 2.43. The smallest absolute Gasteiger partial charge is 0.235 e. The molecule has 7 heteroatoms. The number of aryl methyl sites for hydroxylation is 1. The Morgan fingerprint density at radius 3 is 2.79 bits per heavy atom.